The molecule has 5 rings (SSSR count). The number of nitrogens with two attached hydrogens (primary N) is 1. The summed E-state index contributed by atoms with van der Waals surface area (Å²) in [5.74, 6) is -1.40. The summed E-state index contributed by atoms with van der Waals surface area (Å²) in [7, 11) is 0. The van der Waals surface area contributed by atoms with Crippen molar-refractivity contribution >= 4 is 28.3 Å². The number of rotatable bonds is 4. The maximum Gasteiger partial charge on any atom is 0.274 e. The van der Waals surface area contributed by atoms with Gasteiger partial charge in [0.2, 0.25) is 0 Å². The summed E-state index contributed by atoms with van der Waals surface area (Å²) in [6.45, 7) is 3.67. The quantitative estimate of drug-likeness (QED) is 0.455. The summed E-state index contributed by atoms with van der Waals surface area (Å²) in [5, 5.41) is 2.90. The first-order valence-electron chi connectivity index (χ1n) is 11.4. The van der Waals surface area contributed by atoms with Crippen molar-refractivity contribution < 1.29 is 13.6 Å². The number of benzene rings is 1. The van der Waals surface area contributed by atoms with E-state index in [9.17, 15) is 13.6 Å². The average Bonchev–Trinajstić information content (AvgIpc) is 2.83. The second-order valence-electron chi connectivity index (χ2n) is 8.91. The number of halogens is 2. The Morgan fingerprint density at radius 1 is 1.09 bits per heavy atom. The number of hydrogen-bond acceptors (Lipinski definition) is 6. The Morgan fingerprint density at radius 3 is 2.66 bits per heavy atom. The van der Waals surface area contributed by atoms with Gasteiger partial charge in [-0.25, -0.2) is 13.8 Å². The lowest BCUT2D eigenvalue weighted by atomic mass is 9.96. The minimum atomic E-state index is -0.698. The van der Waals surface area contributed by atoms with Crippen LogP contribution in [0.2, 0.25) is 0 Å². The molecule has 1 aliphatic rings. The highest BCUT2D eigenvalue weighted by Gasteiger charge is 2.24. The van der Waals surface area contributed by atoms with Crippen LogP contribution < -0.4 is 16.0 Å². The van der Waals surface area contributed by atoms with E-state index in [2.05, 4.69) is 32.1 Å². The fourth-order valence-electron chi connectivity index (χ4n) is 4.59. The predicted molar refractivity (Wildman–Crippen MR) is 131 cm³/mol. The minimum Gasteiger partial charge on any atom is -0.368 e. The molecule has 178 valence electrons. The van der Waals surface area contributed by atoms with Gasteiger partial charge in [-0.1, -0.05) is 13.0 Å². The van der Waals surface area contributed by atoms with Crippen LogP contribution in [0.25, 0.3) is 22.2 Å². The molecule has 0 saturated carbocycles. The van der Waals surface area contributed by atoms with Crippen molar-refractivity contribution in [1.29, 1.82) is 0 Å². The maximum atomic E-state index is 14.3. The first-order valence-corrected chi connectivity index (χ1v) is 11.4. The number of amides is 1. The number of anilines is 2. The van der Waals surface area contributed by atoms with Gasteiger partial charge in [-0.05, 0) is 48.7 Å². The number of nitrogens with one attached hydrogen (secondary N) is 1. The Labute approximate surface area is 201 Å². The highest BCUT2D eigenvalue weighted by atomic mass is 19.1. The van der Waals surface area contributed by atoms with Gasteiger partial charge in [-0.3, -0.25) is 14.8 Å². The number of aromatic nitrogens is 3. The van der Waals surface area contributed by atoms with Gasteiger partial charge < -0.3 is 16.0 Å². The van der Waals surface area contributed by atoms with Crippen LogP contribution >= 0.6 is 0 Å². The molecule has 0 bridgehead atoms. The molecule has 7 nitrogen and oxygen atoms in total. The molecule has 0 spiro atoms. The molecule has 0 aliphatic carbocycles. The van der Waals surface area contributed by atoms with E-state index in [4.69, 9.17) is 5.73 Å². The zero-order valence-electron chi connectivity index (χ0n) is 19.1. The Balaban J connectivity index is 1.44. The third kappa shape index (κ3) is 4.67. The first kappa shape index (κ1) is 22.8. The zero-order valence-corrected chi connectivity index (χ0v) is 19.1. The molecule has 4 aromatic rings. The van der Waals surface area contributed by atoms with E-state index in [1.54, 1.807) is 24.5 Å². The van der Waals surface area contributed by atoms with Crippen molar-refractivity contribution in [3.05, 3.63) is 78.4 Å². The topological polar surface area (TPSA) is 97.0 Å². The molecule has 3 aromatic heterocycles. The molecule has 1 saturated heterocycles. The smallest absolute Gasteiger partial charge is 0.274 e. The van der Waals surface area contributed by atoms with Crippen molar-refractivity contribution in [1.82, 2.24) is 15.0 Å². The predicted octanol–water partition coefficient (Wildman–Crippen LogP) is 4.40. The number of hydrogen-bond donors (Lipinski definition) is 2. The standard InChI is InChI=1S/C26H24F2N6O/c1-15-9-17(29)14-34(13-15)24-7-8-30-12-23(24)33-26(35)21-6-5-20-22(32-21)10-16(11-31-20)25-18(27)3-2-4-19(25)28/h2-8,10-12,15,17H,9,13-14,29H2,1H3,(H,33,35). The Kier molecular flexibility index (Phi) is 6.08. The summed E-state index contributed by atoms with van der Waals surface area (Å²) in [6.07, 6.45) is 5.62. The van der Waals surface area contributed by atoms with Crippen LogP contribution in [0.5, 0.6) is 0 Å². The van der Waals surface area contributed by atoms with Gasteiger partial charge in [-0.15, -0.1) is 0 Å². The van der Waals surface area contributed by atoms with E-state index >= 15 is 0 Å². The number of pyridine rings is 3. The number of carbonyl (C=O) groups excluding carboxylic acids is 1. The molecular formula is C26H24F2N6O. The van der Waals surface area contributed by atoms with Gasteiger partial charge in [-0.2, -0.15) is 0 Å². The van der Waals surface area contributed by atoms with E-state index in [1.807, 2.05) is 6.07 Å². The number of fused-ring (bicyclic) bond motifs is 1. The largest absolute Gasteiger partial charge is 0.368 e. The van der Waals surface area contributed by atoms with E-state index in [0.29, 0.717) is 29.2 Å². The second kappa shape index (κ2) is 9.34. The van der Waals surface area contributed by atoms with Crippen LogP contribution in [-0.4, -0.2) is 40.0 Å². The normalized spacial score (nSPS) is 18.0. The molecule has 35 heavy (non-hydrogen) atoms. The lowest BCUT2D eigenvalue weighted by Crippen LogP contribution is -2.46. The van der Waals surface area contributed by atoms with Gasteiger partial charge in [0.15, 0.2) is 0 Å². The number of carbonyl (C=O) groups is 1. The number of nitrogens with zero attached hydrogens (tertiary/aromatic N) is 4. The summed E-state index contributed by atoms with van der Waals surface area (Å²) in [4.78, 5) is 28.1. The van der Waals surface area contributed by atoms with Crippen molar-refractivity contribution in [3.63, 3.8) is 0 Å². The first-order chi connectivity index (χ1) is 16.9. The van der Waals surface area contributed by atoms with Crippen LogP contribution in [0.1, 0.15) is 23.8 Å². The molecule has 1 amide bonds. The van der Waals surface area contributed by atoms with Crippen molar-refractivity contribution in [3.8, 4) is 11.1 Å². The van der Waals surface area contributed by atoms with Crippen LogP contribution in [0, 0.1) is 17.6 Å². The molecule has 1 aliphatic heterocycles. The van der Waals surface area contributed by atoms with Crippen molar-refractivity contribution in [2.45, 2.75) is 19.4 Å². The second-order valence-corrected chi connectivity index (χ2v) is 8.91. The average molecular weight is 475 g/mol. The monoisotopic (exact) mass is 474 g/mol. The molecule has 1 aromatic carbocycles. The minimum absolute atomic E-state index is 0.0543. The van der Waals surface area contributed by atoms with Crippen molar-refractivity contribution in [2.24, 2.45) is 11.7 Å². The van der Waals surface area contributed by atoms with Crippen LogP contribution in [0.3, 0.4) is 0 Å². The lowest BCUT2D eigenvalue weighted by molar-refractivity contribution is 0.102. The SMILES string of the molecule is CC1CC(N)CN(c2ccncc2NC(=O)c2ccc3ncc(-c4c(F)cccc4F)cc3n2)C1. The highest BCUT2D eigenvalue weighted by molar-refractivity contribution is 6.05. The molecule has 2 atom stereocenters. The fourth-order valence-corrected chi connectivity index (χ4v) is 4.59. The Morgan fingerprint density at radius 2 is 1.89 bits per heavy atom. The Bertz CT molecular complexity index is 1380. The molecule has 0 radical (unpaired) electrons. The van der Waals surface area contributed by atoms with Gasteiger partial charge in [0.05, 0.1) is 34.2 Å². The summed E-state index contributed by atoms with van der Waals surface area (Å²) in [6, 6.07) is 10.3. The zero-order chi connectivity index (χ0) is 24.5. The summed E-state index contributed by atoms with van der Waals surface area (Å²) in [5.41, 5.74) is 8.65. The van der Waals surface area contributed by atoms with E-state index < -0.39 is 17.5 Å². The molecule has 2 unspecified atom stereocenters. The highest BCUT2D eigenvalue weighted by Crippen LogP contribution is 2.30. The third-order valence-electron chi connectivity index (χ3n) is 6.10. The molecule has 1 fully saturated rings. The maximum absolute atomic E-state index is 14.3. The Hall–Kier alpha value is -3.98. The van der Waals surface area contributed by atoms with E-state index in [-0.39, 0.29) is 22.9 Å². The van der Waals surface area contributed by atoms with Gasteiger partial charge in [0.1, 0.15) is 17.3 Å². The molecule has 9 heteroatoms. The van der Waals surface area contributed by atoms with Gasteiger partial charge >= 0.3 is 0 Å². The van der Waals surface area contributed by atoms with E-state index in [0.717, 1.165) is 18.7 Å². The summed E-state index contributed by atoms with van der Waals surface area (Å²) >= 11 is 0. The fraction of sp³-hybridized carbons (Fsp3) is 0.231. The van der Waals surface area contributed by atoms with Crippen LogP contribution in [0.4, 0.5) is 20.2 Å². The summed E-state index contributed by atoms with van der Waals surface area (Å²) < 4.78 is 28.5. The third-order valence-corrected chi connectivity index (χ3v) is 6.10. The molecule has 4 heterocycles. The number of piperidine rings is 1. The molecule has 3 N–H and O–H groups in total. The van der Waals surface area contributed by atoms with Gasteiger partial charge in [0, 0.05) is 37.1 Å². The van der Waals surface area contributed by atoms with E-state index in [1.165, 1.54) is 30.5 Å². The lowest BCUT2D eigenvalue weighted by Gasteiger charge is -2.37. The van der Waals surface area contributed by atoms with Crippen molar-refractivity contribution in [2.75, 3.05) is 23.3 Å². The van der Waals surface area contributed by atoms with Crippen LogP contribution in [0.15, 0.2) is 61.1 Å². The van der Waals surface area contributed by atoms with Gasteiger partial charge in [0.25, 0.3) is 5.91 Å². The molecular weight excluding hydrogens is 450 g/mol. The van der Waals surface area contributed by atoms with Crippen LogP contribution in [-0.2, 0) is 0 Å².